The fraction of sp³-hybridized carbons (Fsp3) is 0.440. The molecule has 2 aliphatic carbocycles. The second kappa shape index (κ2) is 7.96. The van der Waals surface area contributed by atoms with Crippen molar-refractivity contribution in [2.24, 2.45) is 5.92 Å². The first-order valence-corrected chi connectivity index (χ1v) is 10.4. The Hall–Kier alpha value is -1.96. The topological polar surface area (TPSA) is 0 Å². The van der Waals surface area contributed by atoms with Crippen molar-refractivity contribution in [3.05, 3.63) is 76.4 Å². The molecule has 1 fully saturated rings. The van der Waals surface area contributed by atoms with E-state index in [0.29, 0.717) is 17.9 Å². The summed E-state index contributed by atoms with van der Waals surface area (Å²) in [5, 5.41) is 0. The average molecular weight is 366 g/mol. The molecule has 142 valence electrons. The van der Waals surface area contributed by atoms with E-state index in [-0.39, 0.29) is 11.6 Å². The maximum Gasteiger partial charge on any atom is 0.130 e. The maximum absolute atomic E-state index is 14.9. The lowest BCUT2D eigenvalue weighted by atomic mass is 9.77. The number of fused-ring (bicyclic) bond motifs is 1. The smallest absolute Gasteiger partial charge is 0.130 e. The number of rotatable bonds is 4. The predicted molar refractivity (Wildman–Crippen MR) is 108 cm³/mol. The zero-order valence-electron chi connectivity index (χ0n) is 16.1. The summed E-state index contributed by atoms with van der Waals surface area (Å²) in [6.07, 6.45) is 10.9. The van der Waals surface area contributed by atoms with Crippen molar-refractivity contribution in [2.45, 2.75) is 64.2 Å². The minimum absolute atomic E-state index is 0.130. The molecule has 0 unspecified atom stereocenters. The zero-order chi connectivity index (χ0) is 18.8. The van der Waals surface area contributed by atoms with Crippen molar-refractivity contribution in [1.29, 1.82) is 0 Å². The van der Waals surface area contributed by atoms with Crippen LogP contribution in [0.3, 0.4) is 0 Å². The van der Waals surface area contributed by atoms with Gasteiger partial charge in [-0.05, 0) is 90.8 Å². The minimum Gasteiger partial charge on any atom is -0.207 e. The van der Waals surface area contributed by atoms with Gasteiger partial charge in [-0.3, -0.25) is 0 Å². The van der Waals surface area contributed by atoms with E-state index in [2.05, 4.69) is 19.1 Å². The van der Waals surface area contributed by atoms with Gasteiger partial charge in [0.05, 0.1) is 0 Å². The molecule has 0 amide bonds. The normalized spacial score (nSPS) is 22.3. The lowest BCUT2D eigenvalue weighted by molar-refractivity contribution is 0.308. The SMILES string of the molecule is CCCC1CCC(c2ccc(C3=CCc4ccc(F)cc4C3)c(F)c2)CC1. The molecule has 2 heteroatoms. The largest absolute Gasteiger partial charge is 0.207 e. The highest BCUT2D eigenvalue weighted by Gasteiger charge is 2.23. The first kappa shape index (κ1) is 18.4. The van der Waals surface area contributed by atoms with Crippen LogP contribution >= 0.6 is 0 Å². The molecular weight excluding hydrogens is 338 g/mol. The minimum atomic E-state index is -0.218. The molecule has 0 aromatic heterocycles. The number of halogens is 2. The number of hydrogen-bond donors (Lipinski definition) is 0. The van der Waals surface area contributed by atoms with E-state index < -0.39 is 0 Å². The molecule has 0 aliphatic heterocycles. The van der Waals surface area contributed by atoms with Gasteiger partial charge in [0.2, 0.25) is 0 Å². The highest BCUT2D eigenvalue weighted by molar-refractivity contribution is 5.71. The van der Waals surface area contributed by atoms with Gasteiger partial charge in [-0.25, -0.2) is 8.78 Å². The van der Waals surface area contributed by atoms with Crippen LogP contribution in [0.5, 0.6) is 0 Å². The monoisotopic (exact) mass is 366 g/mol. The van der Waals surface area contributed by atoms with E-state index in [1.54, 1.807) is 12.1 Å². The van der Waals surface area contributed by atoms with Crippen LogP contribution in [0.1, 0.15) is 73.6 Å². The summed E-state index contributed by atoms with van der Waals surface area (Å²) in [6.45, 7) is 2.26. The molecule has 0 N–H and O–H groups in total. The van der Waals surface area contributed by atoms with Gasteiger partial charge in [-0.1, -0.05) is 44.0 Å². The Labute approximate surface area is 161 Å². The highest BCUT2D eigenvalue weighted by atomic mass is 19.1. The Morgan fingerprint density at radius 2 is 1.74 bits per heavy atom. The van der Waals surface area contributed by atoms with Gasteiger partial charge in [0.15, 0.2) is 0 Å². The molecular formula is C25H28F2. The summed E-state index contributed by atoms with van der Waals surface area (Å²) < 4.78 is 28.5. The molecule has 0 nitrogen and oxygen atoms in total. The van der Waals surface area contributed by atoms with E-state index >= 15 is 0 Å². The highest BCUT2D eigenvalue weighted by Crippen LogP contribution is 2.38. The van der Waals surface area contributed by atoms with Crippen LogP contribution < -0.4 is 0 Å². The number of allylic oxidation sites excluding steroid dienone is 2. The van der Waals surface area contributed by atoms with Crippen LogP contribution in [-0.2, 0) is 12.8 Å². The number of benzene rings is 2. The Morgan fingerprint density at radius 3 is 2.48 bits per heavy atom. The first-order chi connectivity index (χ1) is 13.1. The fourth-order valence-electron chi connectivity index (χ4n) is 4.91. The van der Waals surface area contributed by atoms with Crippen LogP contribution in [0.2, 0.25) is 0 Å². The second-order valence-electron chi connectivity index (χ2n) is 8.27. The van der Waals surface area contributed by atoms with E-state index in [9.17, 15) is 8.78 Å². The third-order valence-electron chi connectivity index (χ3n) is 6.47. The van der Waals surface area contributed by atoms with Gasteiger partial charge in [0.25, 0.3) is 0 Å². The van der Waals surface area contributed by atoms with Crippen molar-refractivity contribution in [1.82, 2.24) is 0 Å². The van der Waals surface area contributed by atoms with Crippen LogP contribution in [-0.4, -0.2) is 0 Å². The van der Waals surface area contributed by atoms with E-state index in [1.165, 1.54) is 44.6 Å². The quantitative estimate of drug-likeness (QED) is 0.536. The zero-order valence-corrected chi connectivity index (χ0v) is 16.1. The Morgan fingerprint density at radius 1 is 0.926 bits per heavy atom. The van der Waals surface area contributed by atoms with Crippen LogP contribution in [0.25, 0.3) is 5.57 Å². The maximum atomic E-state index is 14.9. The molecule has 2 aromatic carbocycles. The van der Waals surface area contributed by atoms with Gasteiger partial charge < -0.3 is 0 Å². The first-order valence-electron chi connectivity index (χ1n) is 10.4. The average Bonchev–Trinajstić information content (AvgIpc) is 2.68. The molecule has 1 saturated carbocycles. The molecule has 0 saturated heterocycles. The summed E-state index contributed by atoms with van der Waals surface area (Å²) >= 11 is 0. The second-order valence-corrected chi connectivity index (χ2v) is 8.27. The predicted octanol–water partition coefficient (Wildman–Crippen LogP) is 7.22. The summed E-state index contributed by atoms with van der Waals surface area (Å²) in [5.74, 6) is 1.01. The van der Waals surface area contributed by atoms with Crippen molar-refractivity contribution in [3.8, 4) is 0 Å². The summed E-state index contributed by atoms with van der Waals surface area (Å²) in [7, 11) is 0. The van der Waals surface area contributed by atoms with E-state index in [0.717, 1.165) is 34.6 Å². The van der Waals surface area contributed by atoms with Gasteiger partial charge in [-0.2, -0.15) is 0 Å². The summed E-state index contributed by atoms with van der Waals surface area (Å²) in [5.41, 5.74) is 4.91. The Bertz CT molecular complexity index is 841. The van der Waals surface area contributed by atoms with Crippen LogP contribution in [0, 0.1) is 17.6 Å². The molecule has 27 heavy (non-hydrogen) atoms. The molecule has 2 aromatic rings. The Kier molecular flexibility index (Phi) is 5.43. The van der Waals surface area contributed by atoms with Gasteiger partial charge in [0.1, 0.15) is 11.6 Å². The van der Waals surface area contributed by atoms with E-state index in [1.807, 2.05) is 12.1 Å². The summed E-state index contributed by atoms with van der Waals surface area (Å²) in [6, 6.07) is 10.7. The third-order valence-corrected chi connectivity index (χ3v) is 6.47. The van der Waals surface area contributed by atoms with Gasteiger partial charge in [-0.15, -0.1) is 0 Å². The van der Waals surface area contributed by atoms with Crippen molar-refractivity contribution >= 4 is 5.57 Å². The molecule has 4 rings (SSSR count). The molecule has 0 bridgehead atoms. The molecule has 2 aliphatic rings. The Balaban J connectivity index is 1.49. The molecule has 0 atom stereocenters. The molecule has 0 radical (unpaired) electrons. The van der Waals surface area contributed by atoms with Crippen molar-refractivity contribution in [3.63, 3.8) is 0 Å². The molecule has 0 heterocycles. The number of hydrogen-bond acceptors (Lipinski definition) is 0. The molecule has 0 spiro atoms. The van der Waals surface area contributed by atoms with Crippen LogP contribution in [0.4, 0.5) is 8.78 Å². The lowest BCUT2D eigenvalue weighted by Gasteiger charge is -2.29. The van der Waals surface area contributed by atoms with Gasteiger partial charge >= 0.3 is 0 Å². The van der Waals surface area contributed by atoms with Crippen molar-refractivity contribution < 1.29 is 8.78 Å². The fourth-order valence-corrected chi connectivity index (χ4v) is 4.91. The standard InChI is InChI=1S/C25H28F2/c1-2-3-17-4-6-18(7-5-17)20-11-13-24(25(27)16-20)21-9-8-19-10-12-23(26)15-22(19)14-21/h9-13,15-18H,2-8,14H2,1H3. The van der Waals surface area contributed by atoms with Gasteiger partial charge in [0, 0.05) is 5.56 Å². The van der Waals surface area contributed by atoms with E-state index in [4.69, 9.17) is 0 Å². The van der Waals surface area contributed by atoms with Crippen LogP contribution in [0.15, 0.2) is 42.5 Å². The third kappa shape index (κ3) is 4.00. The van der Waals surface area contributed by atoms with Crippen molar-refractivity contribution in [2.75, 3.05) is 0 Å². The lowest BCUT2D eigenvalue weighted by Crippen LogP contribution is -2.13. The summed E-state index contributed by atoms with van der Waals surface area (Å²) in [4.78, 5) is 0.